The normalized spacial score (nSPS) is 12.3. The zero-order chi connectivity index (χ0) is 17.8. The highest BCUT2D eigenvalue weighted by molar-refractivity contribution is 6.29. The Kier molecular flexibility index (Phi) is 6.09. The number of methoxy groups -OCH3 is 2. The van der Waals surface area contributed by atoms with Gasteiger partial charge in [0.25, 0.3) is 0 Å². The first kappa shape index (κ1) is 18.9. The second-order valence-electron chi connectivity index (χ2n) is 5.58. The first-order chi connectivity index (χ1) is 10.6. The van der Waals surface area contributed by atoms with Gasteiger partial charge in [-0.2, -0.15) is 0 Å². The number of carbonyl (C=O) groups is 3. The third-order valence-electron chi connectivity index (χ3n) is 2.70. The number of rotatable bonds is 4. The lowest BCUT2D eigenvalue weighted by Crippen LogP contribution is -2.33. The van der Waals surface area contributed by atoms with Crippen molar-refractivity contribution in [3.8, 4) is 0 Å². The SMILES string of the molecule is COC(=O)c1cnc(Cl)cc1C(C(=O)OC)C(=O)OC(C)(C)C. The molecule has 0 fully saturated rings. The Bertz CT molecular complexity index is 623. The van der Waals surface area contributed by atoms with Crippen molar-refractivity contribution in [1.82, 2.24) is 4.98 Å². The van der Waals surface area contributed by atoms with Crippen LogP contribution in [-0.2, 0) is 23.8 Å². The molecule has 0 aliphatic carbocycles. The van der Waals surface area contributed by atoms with Gasteiger partial charge in [0.1, 0.15) is 10.8 Å². The molecule has 0 radical (unpaired) electrons. The first-order valence-corrected chi connectivity index (χ1v) is 7.03. The summed E-state index contributed by atoms with van der Waals surface area (Å²) in [4.78, 5) is 40.1. The molecule has 0 saturated carbocycles. The van der Waals surface area contributed by atoms with Gasteiger partial charge in [0, 0.05) is 6.20 Å². The molecule has 23 heavy (non-hydrogen) atoms. The van der Waals surface area contributed by atoms with E-state index in [1.807, 2.05) is 0 Å². The number of pyridine rings is 1. The fraction of sp³-hybridized carbons (Fsp3) is 0.467. The molecule has 0 bridgehead atoms. The average molecular weight is 344 g/mol. The summed E-state index contributed by atoms with van der Waals surface area (Å²) in [5.41, 5.74) is -0.887. The number of hydrogen-bond donors (Lipinski definition) is 0. The van der Waals surface area contributed by atoms with E-state index in [9.17, 15) is 14.4 Å². The van der Waals surface area contributed by atoms with Crippen LogP contribution in [0.4, 0.5) is 0 Å². The first-order valence-electron chi connectivity index (χ1n) is 6.65. The van der Waals surface area contributed by atoms with Crippen LogP contribution in [0.1, 0.15) is 42.6 Å². The molecule has 1 atom stereocenters. The summed E-state index contributed by atoms with van der Waals surface area (Å²) in [6.45, 7) is 4.96. The molecule has 0 amide bonds. The Hall–Kier alpha value is -2.15. The van der Waals surface area contributed by atoms with Gasteiger partial charge in [-0.05, 0) is 32.4 Å². The highest BCUT2D eigenvalue weighted by atomic mass is 35.5. The summed E-state index contributed by atoms with van der Waals surface area (Å²) in [5, 5.41) is 0.00474. The third-order valence-corrected chi connectivity index (χ3v) is 2.90. The van der Waals surface area contributed by atoms with Gasteiger partial charge in [0.05, 0.1) is 19.8 Å². The van der Waals surface area contributed by atoms with E-state index in [0.717, 1.165) is 13.3 Å². The van der Waals surface area contributed by atoms with Crippen LogP contribution in [-0.4, -0.2) is 42.7 Å². The lowest BCUT2D eigenvalue weighted by Gasteiger charge is -2.23. The largest absolute Gasteiger partial charge is 0.468 e. The van der Waals surface area contributed by atoms with E-state index in [2.05, 4.69) is 14.5 Å². The lowest BCUT2D eigenvalue weighted by atomic mass is 9.95. The molecule has 0 N–H and O–H groups in total. The number of halogens is 1. The Labute approximate surface area is 138 Å². The molecular weight excluding hydrogens is 326 g/mol. The van der Waals surface area contributed by atoms with Gasteiger partial charge in [-0.1, -0.05) is 11.6 Å². The Balaban J connectivity index is 3.43. The molecule has 0 spiro atoms. The van der Waals surface area contributed by atoms with Crippen molar-refractivity contribution >= 4 is 29.5 Å². The number of carbonyl (C=O) groups excluding carboxylic acids is 3. The summed E-state index contributed by atoms with van der Waals surface area (Å²) < 4.78 is 14.5. The van der Waals surface area contributed by atoms with Gasteiger partial charge in [-0.25, -0.2) is 9.78 Å². The molecule has 1 aromatic rings. The average Bonchev–Trinajstić information content (AvgIpc) is 2.44. The zero-order valence-corrected chi connectivity index (χ0v) is 14.3. The Morgan fingerprint density at radius 2 is 1.74 bits per heavy atom. The molecular formula is C15H18ClNO6. The molecule has 1 unspecified atom stereocenters. The summed E-state index contributed by atoms with van der Waals surface area (Å²) >= 11 is 5.83. The predicted molar refractivity (Wildman–Crippen MR) is 81.2 cm³/mol. The van der Waals surface area contributed by atoms with Crippen molar-refractivity contribution in [2.24, 2.45) is 0 Å². The van der Waals surface area contributed by atoms with Gasteiger partial charge < -0.3 is 14.2 Å². The van der Waals surface area contributed by atoms with Crippen LogP contribution in [0.2, 0.25) is 5.15 Å². The van der Waals surface area contributed by atoms with Gasteiger partial charge in [0.15, 0.2) is 5.92 Å². The van der Waals surface area contributed by atoms with Crippen LogP contribution >= 0.6 is 11.6 Å². The molecule has 1 aromatic heterocycles. The molecule has 0 aliphatic heterocycles. The van der Waals surface area contributed by atoms with E-state index in [1.54, 1.807) is 20.8 Å². The van der Waals surface area contributed by atoms with Crippen LogP contribution in [0.3, 0.4) is 0 Å². The zero-order valence-electron chi connectivity index (χ0n) is 13.5. The van der Waals surface area contributed by atoms with Crippen LogP contribution in [0.25, 0.3) is 0 Å². The Morgan fingerprint density at radius 3 is 2.22 bits per heavy atom. The van der Waals surface area contributed by atoms with E-state index >= 15 is 0 Å². The van der Waals surface area contributed by atoms with E-state index < -0.39 is 29.4 Å². The van der Waals surface area contributed by atoms with Crippen molar-refractivity contribution in [3.05, 3.63) is 28.5 Å². The van der Waals surface area contributed by atoms with Gasteiger partial charge in [-0.3, -0.25) is 9.59 Å². The van der Waals surface area contributed by atoms with Crippen LogP contribution in [0.15, 0.2) is 12.3 Å². The second kappa shape index (κ2) is 7.41. The minimum absolute atomic E-state index is 0.00474. The van der Waals surface area contributed by atoms with Crippen molar-refractivity contribution < 1.29 is 28.6 Å². The van der Waals surface area contributed by atoms with E-state index in [4.69, 9.17) is 16.3 Å². The molecule has 0 aliphatic rings. The highest BCUT2D eigenvalue weighted by Gasteiger charge is 2.37. The van der Waals surface area contributed by atoms with Crippen LogP contribution < -0.4 is 0 Å². The highest BCUT2D eigenvalue weighted by Crippen LogP contribution is 2.27. The summed E-state index contributed by atoms with van der Waals surface area (Å²) in [6.07, 6.45) is 1.13. The number of hydrogen-bond acceptors (Lipinski definition) is 7. The standard InChI is InChI=1S/C15H18ClNO6/c1-15(2,3)23-14(20)11(13(19)22-5)8-6-10(16)17-7-9(8)12(18)21-4/h6-7,11H,1-5H3. The minimum atomic E-state index is -1.48. The molecule has 0 aromatic carbocycles. The van der Waals surface area contributed by atoms with Crippen molar-refractivity contribution in [3.63, 3.8) is 0 Å². The maximum Gasteiger partial charge on any atom is 0.339 e. The van der Waals surface area contributed by atoms with E-state index in [1.165, 1.54) is 13.2 Å². The molecule has 126 valence electrons. The monoisotopic (exact) mass is 343 g/mol. The fourth-order valence-corrected chi connectivity index (χ4v) is 1.96. The minimum Gasteiger partial charge on any atom is -0.468 e. The van der Waals surface area contributed by atoms with Crippen LogP contribution in [0, 0.1) is 0 Å². The summed E-state index contributed by atoms with van der Waals surface area (Å²) in [6, 6.07) is 1.24. The van der Waals surface area contributed by atoms with Crippen molar-refractivity contribution in [2.45, 2.75) is 32.3 Å². The second-order valence-corrected chi connectivity index (χ2v) is 5.96. The molecule has 8 heteroatoms. The fourth-order valence-electron chi connectivity index (χ4n) is 1.79. The maximum atomic E-state index is 12.4. The quantitative estimate of drug-likeness (QED) is 0.358. The Morgan fingerprint density at radius 1 is 1.13 bits per heavy atom. The number of ether oxygens (including phenoxy) is 3. The third kappa shape index (κ3) is 4.92. The molecule has 0 saturated heterocycles. The maximum absolute atomic E-state index is 12.4. The molecule has 1 heterocycles. The van der Waals surface area contributed by atoms with E-state index in [0.29, 0.717) is 0 Å². The van der Waals surface area contributed by atoms with Crippen molar-refractivity contribution in [2.75, 3.05) is 14.2 Å². The molecule has 1 rings (SSSR count). The summed E-state index contributed by atoms with van der Waals surface area (Å²) in [7, 11) is 2.29. The van der Waals surface area contributed by atoms with Gasteiger partial charge in [-0.15, -0.1) is 0 Å². The van der Waals surface area contributed by atoms with Crippen LogP contribution in [0.5, 0.6) is 0 Å². The van der Waals surface area contributed by atoms with Crippen molar-refractivity contribution in [1.29, 1.82) is 0 Å². The summed E-state index contributed by atoms with van der Waals surface area (Å²) in [5.74, 6) is -3.99. The number of esters is 3. The van der Waals surface area contributed by atoms with Gasteiger partial charge >= 0.3 is 17.9 Å². The number of aromatic nitrogens is 1. The number of nitrogens with zero attached hydrogens (tertiary/aromatic N) is 1. The smallest absolute Gasteiger partial charge is 0.339 e. The van der Waals surface area contributed by atoms with Gasteiger partial charge in [0.2, 0.25) is 0 Å². The predicted octanol–water partition coefficient (Wildman–Crippen LogP) is 2.12. The lowest BCUT2D eigenvalue weighted by molar-refractivity contribution is -0.163. The topological polar surface area (TPSA) is 91.8 Å². The van der Waals surface area contributed by atoms with E-state index in [-0.39, 0.29) is 16.3 Å². The molecule has 7 nitrogen and oxygen atoms in total.